The normalized spacial score (nSPS) is 10.3. The number of rotatable bonds is 7. The molecule has 0 spiro atoms. The zero-order valence-electron chi connectivity index (χ0n) is 13.8. The Bertz CT molecular complexity index is 824. The van der Waals surface area contributed by atoms with Gasteiger partial charge in [-0.25, -0.2) is 0 Å². The number of hydrogen-bond acceptors (Lipinski definition) is 4. The first kappa shape index (κ1) is 19.0. The van der Waals surface area contributed by atoms with E-state index in [1.54, 1.807) is 18.2 Å². The summed E-state index contributed by atoms with van der Waals surface area (Å²) in [4.78, 5) is 35.3. The fraction of sp³-hybridized carbons (Fsp3) is 0.167. The van der Waals surface area contributed by atoms with Crippen molar-refractivity contribution in [3.63, 3.8) is 0 Å². The first-order valence-electron chi connectivity index (χ1n) is 7.59. The lowest BCUT2D eigenvalue weighted by Crippen LogP contribution is -2.33. The minimum atomic E-state index is -3.07. The average molecular weight is 362 g/mol. The van der Waals surface area contributed by atoms with Gasteiger partial charge < -0.3 is 15.4 Å². The number of amides is 2. The number of nitrogens with one attached hydrogen (secondary N) is 2. The summed E-state index contributed by atoms with van der Waals surface area (Å²) >= 11 is 0. The van der Waals surface area contributed by atoms with Crippen LogP contribution in [0.3, 0.4) is 0 Å². The van der Waals surface area contributed by atoms with Crippen molar-refractivity contribution in [2.75, 3.05) is 11.9 Å². The SMILES string of the molecule is CC(=O)c1cccc(NC(=O)CNC(=O)c2ccccc2OC(F)F)c1. The summed E-state index contributed by atoms with van der Waals surface area (Å²) in [6.07, 6.45) is 0. The molecule has 2 rings (SSSR count). The van der Waals surface area contributed by atoms with E-state index in [4.69, 9.17) is 0 Å². The maximum absolute atomic E-state index is 12.4. The van der Waals surface area contributed by atoms with Gasteiger partial charge in [0.2, 0.25) is 5.91 Å². The summed E-state index contributed by atoms with van der Waals surface area (Å²) in [5.41, 5.74) is 0.725. The standard InChI is InChI=1S/C18H16F2N2O4/c1-11(23)12-5-4-6-13(9-12)22-16(24)10-21-17(25)14-7-2-3-8-15(14)26-18(19)20/h2-9,18H,10H2,1H3,(H,21,25)(H,22,24). The molecule has 0 aliphatic carbocycles. The van der Waals surface area contributed by atoms with E-state index in [2.05, 4.69) is 15.4 Å². The Morgan fingerprint density at radius 1 is 1.08 bits per heavy atom. The molecule has 2 N–H and O–H groups in total. The number of ether oxygens (including phenoxy) is 1. The summed E-state index contributed by atoms with van der Waals surface area (Å²) in [5.74, 6) is -1.69. The van der Waals surface area contributed by atoms with Crippen LogP contribution in [0.15, 0.2) is 48.5 Å². The van der Waals surface area contributed by atoms with Crippen LogP contribution in [0.5, 0.6) is 5.75 Å². The van der Waals surface area contributed by atoms with Crippen molar-refractivity contribution in [2.24, 2.45) is 0 Å². The monoisotopic (exact) mass is 362 g/mol. The molecule has 26 heavy (non-hydrogen) atoms. The van der Waals surface area contributed by atoms with Gasteiger partial charge in [0.1, 0.15) is 5.75 Å². The van der Waals surface area contributed by atoms with Crippen LogP contribution < -0.4 is 15.4 Å². The third kappa shape index (κ3) is 5.37. The number of benzene rings is 2. The molecule has 0 radical (unpaired) electrons. The molecular formula is C18H16F2N2O4. The molecule has 0 aliphatic rings. The zero-order chi connectivity index (χ0) is 19.1. The summed E-state index contributed by atoms with van der Waals surface area (Å²) in [5, 5.41) is 4.86. The molecule has 0 bridgehead atoms. The number of hydrogen-bond donors (Lipinski definition) is 2. The highest BCUT2D eigenvalue weighted by atomic mass is 19.3. The van der Waals surface area contributed by atoms with Gasteiger partial charge in [0.25, 0.3) is 5.91 Å². The lowest BCUT2D eigenvalue weighted by Gasteiger charge is -2.11. The van der Waals surface area contributed by atoms with Gasteiger partial charge in [-0.2, -0.15) is 8.78 Å². The van der Waals surface area contributed by atoms with Crippen LogP contribution in [-0.2, 0) is 4.79 Å². The van der Waals surface area contributed by atoms with Crippen LogP contribution in [0.1, 0.15) is 27.6 Å². The van der Waals surface area contributed by atoms with Crippen LogP contribution in [0, 0.1) is 0 Å². The molecule has 0 saturated heterocycles. The quantitative estimate of drug-likeness (QED) is 0.742. The van der Waals surface area contributed by atoms with Crippen molar-refractivity contribution < 1.29 is 27.9 Å². The number of anilines is 1. The van der Waals surface area contributed by atoms with E-state index in [0.717, 1.165) is 0 Å². The predicted octanol–water partition coefficient (Wildman–Crippen LogP) is 2.86. The second-order valence-corrected chi connectivity index (χ2v) is 5.24. The number of carbonyl (C=O) groups is 3. The largest absolute Gasteiger partial charge is 0.434 e. The summed E-state index contributed by atoms with van der Waals surface area (Å²) < 4.78 is 29.0. The molecule has 0 saturated carbocycles. The topological polar surface area (TPSA) is 84.5 Å². The Balaban J connectivity index is 1.96. The van der Waals surface area contributed by atoms with Crippen LogP contribution in [0.4, 0.5) is 14.5 Å². The van der Waals surface area contributed by atoms with Gasteiger partial charge in [0.05, 0.1) is 12.1 Å². The lowest BCUT2D eigenvalue weighted by molar-refractivity contribution is -0.115. The molecule has 2 aromatic rings. The van der Waals surface area contributed by atoms with Crippen molar-refractivity contribution >= 4 is 23.3 Å². The van der Waals surface area contributed by atoms with E-state index >= 15 is 0 Å². The molecule has 6 nitrogen and oxygen atoms in total. The highest BCUT2D eigenvalue weighted by Crippen LogP contribution is 2.20. The first-order chi connectivity index (χ1) is 12.4. The van der Waals surface area contributed by atoms with E-state index in [1.807, 2.05) is 0 Å². The van der Waals surface area contributed by atoms with Gasteiger partial charge in [-0.1, -0.05) is 24.3 Å². The molecule has 0 atom stereocenters. The van der Waals surface area contributed by atoms with Gasteiger partial charge in [-0.3, -0.25) is 14.4 Å². The van der Waals surface area contributed by atoms with Gasteiger partial charge in [0.15, 0.2) is 5.78 Å². The number of para-hydroxylation sites is 1. The number of ketones is 1. The van der Waals surface area contributed by atoms with Gasteiger partial charge in [0, 0.05) is 11.3 Å². The van der Waals surface area contributed by atoms with Crippen LogP contribution in [0.2, 0.25) is 0 Å². The molecule has 0 unspecified atom stereocenters. The van der Waals surface area contributed by atoms with Crippen LogP contribution in [0.25, 0.3) is 0 Å². The number of Topliss-reactive ketones (excluding diaryl/α,β-unsaturated/α-hetero) is 1. The molecule has 0 fully saturated rings. The minimum absolute atomic E-state index is 0.112. The Morgan fingerprint density at radius 2 is 1.81 bits per heavy atom. The molecule has 0 aromatic heterocycles. The Labute approximate surface area is 148 Å². The maximum Gasteiger partial charge on any atom is 0.387 e. The van der Waals surface area contributed by atoms with E-state index < -0.39 is 18.4 Å². The van der Waals surface area contributed by atoms with Crippen molar-refractivity contribution in [3.05, 3.63) is 59.7 Å². The van der Waals surface area contributed by atoms with Gasteiger partial charge in [-0.05, 0) is 31.2 Å². The number of carbonyl (C=O) groups excluding carboxylic acids is 3. The van der Waals surface area contributed by atoms with Crippen LogP contribution >= 0.6 is 0 Å². The van der Waals surface area contributed by atoms with Crippen molar-refractivity contribution in [1.82, 2.24) is 5.32 Å². The fourth-order valence-corrected chi connectivity index (χ4v) is 2.13. The molecule has 136 valence electrons. The molecule has 8 heteroatoms. The predicted molar refractivity (Wildman–Crippen MR) is 90.5 cm³/mol. The van der Waals surface area contributed by atoms with Gasteiger partial charge >= 0.3 is 6.61 Å². The Morgan fingerprint density at radius 3 is 2.50 bits per heavy atom. The fourth-order valence-electron chi connectivity index (χ4n) is 2.13. The summed E-state index contributed by atoms with van der Waals surface area (Å²) in [6.45, 7) is -2.05. The third-order valence-corrected chi connectivity index (χ3v) is 3.31. The van der Waals surface area contributed by atoms with E-state index in [0.29, 0.717) is 11.3 Å². The summed E-state index contributed by atoms with van der Waals surface area (Å²) in [7, 11) is 0. The van der Waals surface area contributed by atoms with Crippen molar-refractivity contribution in [3.8, 4) is 5.75 Å². The third-order valence-electron chi connectivity index (χ3n) is 3.31. The van der Waals surface area contributed by atoms with Crippen molar-refractivity contribution in [1.29, 1.82) is 0 Å². The molecule has 2 aromatic carbocycles. The average Bonchev–Trinajstić information content (AvgIpc) is 2.60. The second kappa shape index (κ2) is 8.70. The first-order valence-corrected chi connectivity index (χ1v) is 7.59. The summed E-state index contributed by atoms with van der Waals surface area (Å²) in [6, 6.07) is 11.8. The lowest BCUT2D eigenvalue weighted by atomic mass is 10.1. The molecule has 0 aliphatic heterocycles. The number of halogens is 2. The molecule has 0 heterocycles. The maximum atomic E-state index is 12.4. The van der Waals surface area contributed by atoms with Crippen molar-refractivity contribution in [2.45, 2.75) is 13.5 Å². The molecular weight excluding hydrogens is 346 g/mol. The second-order valence-electron chi connectivity index (χ2n) is 5.24. The van der Waals surface area contributed by atoms with E-state index in [9.17, 15) is 23.2 Å². The highest BCUT2D eigenvalue weighted by Gasteiger charge is 2.16. The minimum Gasteiger partial charge on any atom is -0.434 e. The Kier molecular flexibility index (Phi) is 6.37. The smallest absolute Gasteiger partial charge is 0.387 e. The zero-order valence-corrected chi connectivity index (χ0v) is 13.8. The van der Waals surface area contributed by atoms with E-state index in [1.165, 1.54) is 37.3 Å². The van der Waals surface area contributed by atoms with Crippen LogP contribution in [-0.4, -0.2) is 30.8 Å². The number of alkyl halides is 2. The molecule has 2 amide bonds. The van der Waals surface area contributed by atoms with Gasteiger partial charge in [-0.15, -0.1) is 0 Å². The van der Waals surface area contributed by atoms with E-state index in [-0.39, 0.29) is 23.6 Å². The highest BCUT2D eigenvalue weighted by molar-refractivity contribution is 6.01. The Hall–Kier alpha value is -3.29.